The van der Waals surface area contributed by atoms with Crippen molar-refractivity contribution >= 4 is 21.6 Å². The van der Waals surface area contributed by atoms with Crippen molar-refractivity contribution < 1.29 is 22.7 Å². The van der Waals surface area contributed by atoms with Crippen LogP contribution in [0.25, 0.3) is 0 Å². The number of amides is 1. The van der Waals surface area contributed by atoms with Gasteiger partial charge in [0.1, 0.15) is 17.5 Å². The Balaban J connectivity index is 2.13. The van der Waals surface area contributed by atoms with E-state index in [4.69, 9.17) is 9.47 Å². The Morgan fingerprint density at radius 2 is 1.48 bits per heavy atom. The molecule has 8 heteroatoms. The highest BCUT2D eigenvalue weighted by Gasteiger charge is 2.28. The number of methoxy groups -OCH3 is 2. The molecule has 146 valence electrons. The van der Waals surface area contributed by atoms with Gasteiger partial charge in [0.25, 0.3) is 0 Å². The first-order chi connectivity index (χ1) is 12.8. The minimum atomic E-state index is -3.66. The van der Waals surface area contributed by atoms with Gasteiger partial charge in [-0.1, -0.05) is 12.1 Å². The van der Waals surface area contributed by atoms with E-state index in [0.29, 0.717) is 11.4 Å². The van der Waals surface area contributed by atoms with E-state index in [2.05, 4.69) is 5.32 Å². The van der Waals surface area contributed by atoms with Crippen LogP contribution in [0.3, 0.4) is 0 Å². The monoisotopic (exact) mass is 392 g/mol. The molecular weight excluding hydrogens is 368 g/mol. The van der Waals surface area contributed by atoms with Gasteiger partial charge in [-0.25, -0.2) is 8.42 Å². The molecule has 2 aromatic carbocycles. The molecule has 0 radical (unpaired) electrons. The third kappa shape index (κ3) is 5.37. The lowest BCUT2D eigenvalue weighted by Gasteiger charge is -2.28. The number of carbonyl (C=O) groups excluding carboxylic acids is 1. The van der Waals surface area contributed by atoms with Gasteiger partial charge in [-0.05, 0) is 48.9 Å². The summed E-state index contributed by atoms with van der Waals surface area (Å²) in [7, 11) is -0.551. The van der Waals surface area contributed by atoms with Crippen LogP contribution in [-0.2, 0) is 21.4 Å². The van der Waals surface area contributed by atoms with Gasteiger partial charge in [0.05, 0.1) is 26.2 Å². The van der Waals surface area contributed by atoms with Crippen molar-refractivity contribution in [1.82, 2.24) is 5.32 Å². The smallest absolute Gasteiger partial charge is 0.243 e. The highest BCUT2D eigenvalue weighted by molar-refractivity contribution is 7.92. The van der Waals surface area contributed by atoms with Crippen LogP contribution in [0, 0.1) is 0 Å². The quantitative estimate of drug-likeness (QED) is 0.744. The topological polar surface area (TPSA) is 84.9 Å². The van der Waals surface area contributed by atoms with E-state index in [9.17, 15) is 13.2 Å². The van der Waals surface area contributed by atoms with Gasteiger partial charge >= 0.3 is 0 Å². The molecule has 0 heterocycles. The van der Waals surface area contributed by atoms with Gasteiger partial charge in [-0.2, -0.15) is 0 Å². The molecule has 0 aromatic heterocycles. The van der Waals surface area contributed by atoms with Crippen molar-refractivity contribution in [3.63, 3.8) is 0 Å². The van der Waals surface area contributed by atoms with E-state index in [0.717, 1.165) is 21.9 Å². The summed E-state index contributed by atoms with van der Waals surface area (Å²) in [5.41, 5.74) is 1.28. The molecule has 0 fully saturated rings. The maximum Gasteiger partial charge on any atom is 0.243 e. The van der Waals surface area contributed by atoms with Gasteiger partial charge in [0.2, 0.25) is 15.9 Å². The van der Waals surface area contributed by atoms with Gasteiger partial charge in [-0.15, -0.1) is 0 Å². The first-order valence-corrected chi connectivity index (χ1v) is 10.1. The Labute approximate surface area is 160 Å². The fourth-order valence-electron chi connectivity index (χ4n) is 2.62. The zero-order valence-electron chi connectivity index (χ0n) is 15.8. The Morgan fingerprint density at radius 3 is 1.93 bits per heavy atom. The molecule has 0 saturated carbocycles. The number of hydrogen-bond donors (Lipinski definition) is 1. The average Bonchev–Trinajstić information content (AvgIpc) is 2.66. The second kappa shape index (κ2) is 8.77. The molecule has 0 aliphatic heterocycles. The Kier molecular flexibility index (Phi) is 6.68. The zero-order chi connectivity index (χ0) is 20.0. The molecule has 0 bridgehead atoms. The number of nitrogens with zero attached hydrogens (tertiary/aromatic N) is 1. The molecular formula is C19H24N2O5S. The van der Waals surface area contributed by atoms with Crippen LogP contribution in [0.15, 0.2) is 48.5 Å². The van der Waals surface area contributed by atoms with Crippen molar-refractivity contribution in [2.24, 2.45) is 0 Å². The number of benzene rings is 2. The highest BCUT2D eigenvalue weighted by Crippen LogP contribution is 2.24. The first kappa shape index (κ1) is 20.6. The summed E-state index contributed by atoms with van der Waals surface area (Å²) in [4.78, 5) is 12.6. The molecule has 1 amide bonds. The third-order valence-electron chi connectivity index (χ3n) is 4.04. The number of rotatable bonds is 8. The lowest BCUT2D eigenvalue weighted by molar-refractivity contribution is -0.122. The van der Waals surface area contributed by atoms with Crippen LogP contribution in [0.5, 0.6) is 11.5 Å². The van der Waals surface area contributed by atoms with Crippen molar-refractivity contribution in [2.75, 3.05) is 24.8 Å². The molecule has 0 unspecified atom stereocenters. The summed E-state index contributed by atoms with van der Waals surface area (Å²) in [5.74, 6) is 0.928. The Bertz CT molecular complexity index is 864. The second-order valence-electron chi connectivity index (χ2n) is 6.00. The van der Waals surface area contributed by atoms with Crippen LogP contribution in [-0.4, -0.2) is 40.8 Å². The van der Waals surface area contributed by atoms with Crippen LogP contribution in [0.4, 0.5) is 5.69 Å². The third-order valence-corrected chi connectivity index (χ3v) is 5.28. The summed E-state index contributed by atoms with van der Waals surface area (Å²) in [5, 5.41) is 2.77. The predicted molar refractivity (Wildman–Crippen MR) is 105 cm³/mol. The number of sulfonamides is 1. The first-order valence-electron chi connectivity index (χ1n) is 8.30. The molecule has 7 nitrogen and oxygen atoms in total. The minimum Gasteiger partial charge on any atom is -0.497 e. The van der Waals surface area contributed by atoms with E-state index in [1.54, 1.807) is 50.4 Å². The van der Waals surface area contributed by atoms with Crippen molar-refractivity contribution in [1.29, 1.82) is 0 Å². The van der Waals surface area contributed by atoms with Gasteiger partial charge < -0.3 is 14.8 Å². The summed E-state index contributed by atoms with van der Waals surface area (Å²) in [6.07, 6.45) is 1.07. The predicted octanol–water partition coefficient (Wildman–Crippen LogP) is 2.17. The fourth-order valence-corrected chi connectivity index (χ4v) is 3.79. The zero-order valence-corrected chi connectivity index (χ0v) is 16.6. The maximum absolute atomic E-state index is 12.6. The summed E-state index contributed by atoms with van der Waals surface area (Å²) in [6.45, 7) is 1.84. The number of carbonyl (C=O) groups is 1. The lowest BCUT2D eigenvalue weighted by atomic mass is 10.2. The van der Waals surface area contributed by atoms with Gasteiger partial charge in [0, 0.05) is 6.54 Å². The van der Waals surface area contributed by atoms with Crippen molar-refractivity contribution in [2.45, 2.75) is 19.5 Å². The Hall–Kier alpha value is -2.74. The molecule has 1 atom stereocenters. The minimum absolute atomic E-state index is 0.285. The summed E-state index contributed by atoms with van der Waals surface area (Å²) in [6, 6.07) is 12.9. The molecule has 1 N–H and O–H groups in total. The summed E-state index contributed by atoms with van der Waals surface area (Å²) >= 11 is 0. The van der Waals surface area contributed by atoms with Crippen molar-refractivity contribution in [3.05, 3.63) is 54.1 Å². The van der Waals surface area contributed by atoms with Crippen LogP contribution >= 0.6 is 0 Å². The molecule has 27 heavy (non-hydrogen) atoms. The molecule has 0 spiro atoms. The average molecular weight is 392 g/mol. The number of ether oxygens (including phenoxy) is 2. The number of hydrogen-bond acceptors (Lipinski definition) is 5. The SMILES string of the molecule is COc1ccc(CNC(=O)[C@@H](C)N(c2ccc(OC)cc2)S(C)(=O)=O)cc1. The summed E-state index contributed by atoms with van der Waals surface area (Å²) < 4.78 is 35.8. The van der Waals surface area contributed by atoms with E-state index < -0.39 is 22.0 Å². The number of anilines is 1. The van der Waals surface area contributed by atoms with E-state index in [1.807, 2.05) is 12.1 Å². The highest BCUT2D eigenvalue weighted by atomic mass is 32.2. The molecule has 0 saturated heterocycles. The van der Waals surface area contributed by atoms with Crippen LogP contribution in [0.2, 0.25) is 0 Å². The largest absolute Gasteiger partial charge is 0.497 e. The van der Waals surface area contributed by atoms with E-state index >= 15 is 0 Å². The fraction of sp³-hybridized carbons (Fsp3) is 0.316. The lowest BCUT2D eigenvalue weighted by Crippen LogP contribution is -2.47. The van der Waals surface area contributed by atoms with E-state index in [1.165, 1.54) is 7.11 Å². The molecule has 2 aromatic rings. The molecule has 2 rings (SSSR count). The standard InChI is InChI=1S/C19H24N2O5S/c1-14(19(22)20-13-15-5-9-17(25-2)10-6-15)21(27(4,23)24)16-7-11-18(26-3)12-8-16/h5-12,14H,13H2,1-4H3,(H,20,22)/t14-/m1/s1. The molecule has 0 aliphatic rings. The van der Waals surface area contributed by atoms with Crippen molar-refractivity contribution in [3.8, 4) is 11.5 Å². The number of nitrogens with one attached hydrogen (secondary N) is 1. The maximum atomic E-state index is 12.6. The Morgan fingerprint density at radius 1 is 1.00 bits per heavy atom. The van der Waals surface area contributed by atoms with Crippen LogP contribution in [0.1, 0.15) is 12.5 Å². The van der Waals surface area contributed by atoms with Gasteiger partial charge in [-0.3, -0.25) is 9.10 Å². The second-order valence-corrected chi connectivity index (χ2v) is 7.86. The molecule has 0 aliphatic carbocycles. The normalized spacial score (nSPS) is 12.1. The van der Waals surface area contributed by atoms with E-state index in [-0.39, 0.29) is 6.54 Å². The van der Waals surface area contributed by atoms with Crippen LogP contribution < -0.4 is 19.1 Å². The van der Waals surface area contributed by atoms with Gasteiger partial charge in [0.15, 0.2) is 0 Å².